The lowest BCUT2D eigenvalue weighted by Gasteiger charge is -2.19. The van der Waals surface area contributed by atoms with E-state index in [1.54, 1.807) is 19.1 Å². The van der Waals surface area contributed by atoms with Crippen molar-refractivity contribution in [3.8, 4) is 5.75 Å². The Kier molecular flexibility index (Phi) is 5.50. The predicted molar refractivity (Wildman–Crippen MR) is 65.9 cm³/mol. The van der Waals surface area contributed by atoms with Crippen molar-refractivity contribution in [2.24, 2.45) is 0 Å². The molecule has 0 bridgehead atoms. The molecule has 0 spiro atoms. The lowest BCUT2D eigenvalue weighted by atomic mass is 10.0. The standard InChI is InChI=1S/C13H19F2NO2/c1-8-4-5-12(18-13(14)15)11(6-8)10(3)16-7-9(2)17/h4-6,9-10,13,16-17H,7H2,1-3H3. The van der Waals surface area contributed by atoms with Gasteiger partial charge in [0, 0.05) is 18.2 Å². The fourth-order valence-corrected chi connectivity index (χ4v) is 1.67. The molecule has 2 unspecified atom stereocenters. The lowest BCUT2D eigenvalue weighted by Crippen LogP contribution is -2.27. The molecule has 0 aliphatic carbocycles. The van der Waals surface area contributed by atoms with Gasteiger partial charge in [-0.3, -0.25) is 0 Å². The summed E-state index contributed by atoms with van der Waals surface area (Å²) in [4.78, 5) is 0. The Hall–Kier alpha value is -1.20. The van der Waals surface area contributed by atoms with Gasteiger partial charge in [-0.25, -0.2) is 0 Å². The maximum atomic E-state index is 12.3. The average Bonchev–Trinajstić information content (AvgIpc) is 2.27. The van der Waals surface area contributed by atoms with Crippen LogP contribution in [0.5, 0.6) is 5.75 Å². The van der Waals surface area contributed by atoms with E-state index < -0.39 is 12.7 Å². The predicted octanol–water partition coefficient (Wildman–Crippen LogP) is 2.63. The minimum Gasteiger partial charge on any atom is -0.434 e. The zero-order valence-electron chi connectivity index (χ0n) is 10.8. The summed E-state index contributed by atoms with van der Waals surface area (Å²) in [5.41, 5.74) is 1.63. The Balaban J connectivity index is 2.86. The number of aliphatic hydroxyl groups excluding tert-OH is 1. The van der Waals surface area contributed by atoms with Gasteiger partial charge in [-0.2, -0.15) is 8.78 Å². The Bertz CT molecular complexity index is 383. The number of aliphatic hydroxyl groups is 1. The molecule has 18 heavy (non-hydrogen) atoms. The van der Waals surface area contributed by atoms with Gasteiger partial charge in [-0.05, 0) is 26.8 Å². The van der Waals surface area contributed by atoms with Gasteiger partial charge in [0.1, 0.15) is 5.75 Å². The highest BCUT2D eigenvalue weighted by atomic mass is 19.3. The molecule has 0 saturated carbocycles. The average molecular weight is 259 g/mol. The summed E-state index contributed by atoms with van der Waals surface area (Å²) in [7, 11) is 0. The van der Waals surface area contributed by atoms with Crippen LogP contribution in [-0.2, 0) is 0 Å². The molecule has 0 aromatic heterocycles. The summed E-state index contributed by atoms with van der Waals surface area (Å²) in [5.74, 6) is 0.168. The second-order valence-corrected chi connectivity index (χ2v) is 4.40. The highest BCUT2D eigenvalue weighted by molar-refractivity contribution is 5.39. The Morgan fingerprint density at radius 2 is 2.00 bits per heavy atom. The van der Waals surface area contributed by atoms with Gasteiger partial charge < -0.3 is 15.2 Å². The second-order valence-electron chi connectivity index (χ2n) is 4.40. The molecule has 102 valence electrons. The number of hydrogen-bond acceptors (Lipinski definition) is 3. The van der Waals surface area contributed by atoms with E-state index in [1.807, 2.05) is 13.8 Å². The molecule has 0 radical (unpaired) electrons. The zero-order valence-corrected chi connectivity index (χ0v) is 10.8. The molecule has 0 heterocycles. The van der Waals surface area contributed by atoms with E-state index in [0.717, 1.165) is 5.56 Å². The zero-order chi connectivity index (χ0) is 13.7. The number of rotatable bonds is 6. The minimum absolute atomic E-state index is 0.168. The maximum absolute atomic E-state index is 12.3. The van der Waals surface area contributed by atoms with Crippen LogP contribution < -0.4 is 10.1 Å². The normalized spacial score (nSPS) is 14.6. The van der Waals surface area contributed by atoms with E-state index in [-0.39, 0.29) is 11.8 Å². The third-order valence-corrected chi connectivity index (χ3v) is 2.57. The molecule has 3 nitrogen and oxygen atoms in total. The number of nitrogens with one attached hydrogen (secondary N) is 1. The first-order valence-electron chi connectivity index (χ1n) is 5.87. The van der Waals surface area contributed by atoms with Crippen molar-refractivity contribution in [2.45, 2.75) is 39.5 Å². The summed E-state index contributed by atoms with van der Waals surface area (Å²) in [6.45, 7) is 2.94. The number of alkyl halides is 2. The summed E-state index contributed by atoms with van der Waals surface area (Å²) in [5, 5.41) is 12.3. The highest BCUT2D eigenvalue weighted by Crippen LogP contribution is 2.27. The molecule has 2 atom stereocenters. The molecule has 0 amide bonds. The molecule has 1 aromatic carbocycles. The van der Waals surface area contributed by atoms with E-state index in [4.69, 9.17) is 0 Å². The van der Waals surface area contributed by atoms with Gasteiger partial charge in [0.15, 0.2) is 0 Å². The van der Waals surface area contributed by atoms with Crippen LogP contribution in [-0.4, -0.2) is 24.4 Å². The van der Waals surface area contributed by atoms with Gasteiger partial charge in [0.25, 0.3) is 0 Å². The minimum atomic E-state index is -2.84. The van der Waals surface area contributed by atoms with Crippen LogP contribution in [0, 0.1) is 6.92 Å². The van der Waals surface area contributed by atoms with Crippen molar-refractivity contribution in [1.82, 2.24) is 5.32 Å². The first-order valence-corrected chi connectivity index (χ1v) is 5.87. The van der Waals surface area contributed by atoms with Crippen LogP contribution in [0.15, 0.2) is 18.2 Å². The molecule has 0 saturated heterocycles. The number of hydrogen-bond donors (Lipinski definition) is 2. The molecular weight excluding hydrogens is 240 g/mol. The monoisotopic (exact) mass is 259 g/mol. The molecule has 1 rings (SSSR count). The van der Waals surface area contributed by atoms with Crippen molar-refractivity contribution in [2.75, 3.05) is 6.54 Å². The first-order chi connectivity index (χ1) is 8.40. The van der Waals surface area contributed by atoms with Crippen molar-refractivity contribution in [3.05, 3.63) is 29.3 Å². The molecule has 0 aliphatic heterocycles. The van der Waals surface area contributed by atoms with Gasteiger partial charge in [-0.1, -0.05) is 17.7 Å². The number of benzene rings is 1. The largest absolute Gasteiger partial charge is 0.434 e. The summed E-state index contributed by atoms with van der Waals surface area (Å²) in [6.07, 6.45) is -0.489. The maximum Gasteiger partial charge on any atom is 0.387 e. The van der Waals surface area contributed by atoms with Gasteiger partial charge in [0.05, 0.1) is 6.10 Å². The van der Waals surface area contributed by atoms with Gasteiger partial charge in [0.2, 0.25) is 0 Å². The first kappa shape index (κ1) is 14.9. The van der Waals surface area contributed by atoms with Crippen molar-refractivity contribution < 1.29 is 18.6 Å². The Labute approximate surface area is 106 Å². The quantitative estimate of drug-likeness (QED) is 0.825. The summed E-state index contributed by atoms with van der Waals surface area (Å²) >= 11 is 0. The topological polar surface area (TPSA) is 41.5 Å². The molecule has 0 aliphatic rings. The molecule has 2 N–H and O–H groups in total. The van der Waals surface area contributed by atoms with Crippen LogP contribution >= 0.6 is 0 Å². The van der Waals surface area contributed by atoms with E-state index in [0.29, 0.717) is 12.1 Å². The van der Waals surface area contributed by atoms with Crippen molar-refractivity contribution in [3.63, 3.8) is 0 Å². The van der Waals surface area contributed by atoms with Crippen LogP contribution in [0.1, 0.15) is 31.0 Å². The van der Waals surface area contributed by atoms with E-state index in [9.17, 15) is 13.9 Å². The lowest BCUT2D eigenvalue weighted by molar-refractivity contribution is -0.0507. The summed E-state index contributed by atoms with van der Waals surface area (Å²) < 4.78 is 29.1. The van der Waals surface area contributed by atoms with Crippen LogP contribution in [0.4, 0.5) is 8.78 Å². The van der Waals surface area contributed by atoms with Crippen molar-refractivity contribution in [1.29, 1.82) is 0 Å². The SMILES string of the molecule is Cc1ccc(OC(F)F)c(C(C)NCC(C)O)c1. The second kappa shape index (κ2) is 6.66. The van der Waals surface area contributed by atoms with Crippen molar-refractivity contribution >= 4 is 0 Å². The van der Waals surface area contributed by atoms with Crippen LogP contribution in [0.25, 0.3) is 0 Å². The fraction of sp³-hybridized carbons (Fsp3) is 0.538. The van der Waals surface area contributed by atoms with Crippen LogP contribution in [0.2, 0.25) is 0 Å². The molecule has 1 aromatic rings. The Morgan fingerprint density at radius 3 is 2.56 bits per heavy atom. The van der Waals surface area contributed by atoms with Gasteiger partial charge >= 0.3 is 6.61 Å². The smallest absolute Gasteiger partial charge is 0.387 e. The highest BCUT2D eigenvalue weighted by Gasteiger charge is 2.15. The third kappa shape index (κ3) is 4.58. The van der Waals surface area contributed by atoms with E-state index >= 15 is 0 Å². The van der Waals surface area contributed by atoms with E-state index in [1.165, 1.54) is 6.07 Å². The van der Waals surface area contributed by atoms with Crippen LogP contribution in [0.3, 0.4) is 0 Å². The number of halogens is 2. The number of aryl methyl sites for hydroxylation is 1. The molecule has 0 fully saturated rings. The molecule has 5 heteroatoms. The third-order valence-electron chi connectivity index (χ3n) is 2.57. The Morgan fingerprint density at radius 1 is 1.33 bits per heavy atom. The molecular formula is C13H19F2NO2. The van der Waals surface area contributed by atoms with E-state index in [2.05, 4.69) is 10.1 Å². The van der Waals surface area contributed by atoms with Gasteiger partial charge in [-0.15, -0.1) is 0 Å². The fourth-order valence-electron chi connectivity index (χ4n) is 1.67. The summed E-state index contributed by atoms with van der Waals surface area (Å²) in [6, 6.07) is 4.89. The number of ether oxygens (including phenoxy) is 1.